The molecular formula is C19H27N3OS. The number of aromatic nitrogens is 2. The minimum absolute atomic E-state index is 0.00838. The number of anilines is 1. The highest BCUT2D eigenvalue weighted by atomic mass is 32.2. The molecule has 0 aliphatic heterocycles. The molecule has 0 radical (unpaired) electrons. The van der Waals surface area contributed by atoms with Gasteiger partial charge in [-0.25, -0.2) is 4.98 Å². The maximum absolute atomic E-state index is 12.3. The highest BCUT2D eigenvalue weighted by Gasteiger charge is 2.13. The van der Waals surface area contributed by atoms with Gasteiger partial charge in [-0.2, -0.15) is 0 Å². The molecule has 130 valence electrons. The number of carbonyl (C=O) groups excluding carboxylic acids is 1. The number of nitrogens with zero attached hydrogens (tertiary/aromatic N) is 2. The number of unbranched alkanes of at least 4 members (excludes halogenated alkanes) is 1. The minimum Gasteiger partial charge on any atom is -0.325 e. The Kier molecular flexibility index (Phi) is 6.49. The van der Waals surface area contributed by atoms with Crippen molar-refractivity contribution in [3.63, 3.8) is 0 Å². The van der Waals surface area contributed by atoms with Crippen molar-refractivity contribution in [2.24, 2.45) is 0 Å². The third-order valence-electron chi connectivity index (χ3n) is 4.37. The van der Waals surface area contributed by atoms with Crippen LogP contribution in [0.5, 0.6) is 0 Å². The van der Waals surface area contributed by atoms with E-state index in [9.17, 15) is 4.79 Å². The van der Waals surface area contributed by atoms with E-state index >= 15 is 0 Å². The number of imidazole rings is 1. The minimum atomic E-state index is 0.00838. The standard InChI is InChI=1S/C19H27N3OS/c1-6-7-11-22-16(5)15(4)20-19(22)24-12-18(23)21-17-10-8-9-13(2)14(17)3/h8-10H,6-7,11-12H2,1-5H3,(H,21,23). The van der Waals surface area contributed by atoms with Gasteiger partial charge in [0.2, 0.25) is 5.91 Å². The zero-order valence-electron chi connectivity index (χ0n) is 15.3. The number of benzene rings is 1. The smallest absolute Gasteiger partial charge is 0.234 e. The fourth-order valence-corrected chi connectivity index (χ4v) is 3.43. The Labute approximate surface area is 149 Å². The lowest BCUT2D eigenvalue weighted by Crippen LogP contribution is -2.15. The molecule has 0 atom stereocenters. The Balaban J connectivity index is 2.01. The van der Waals surface area contributed by atoms with Gasteiger partial charge in [0.15, 0.2) is 5.16 Å². The number of aryl methyl sites for hydroxylation is 2. The molecule has 2 aromatic rings. The van der Waals surface area contributed by atoms with Gasteiger partial charge < -0.3 is 9.88 Å². The molecule has 0 aliphatic carbocycles. The van der Waals surface area contributed by atoms with E-state index in [-0.39, 0.29) is 5.91 Å². The quantitative estimate of drug-likeness (QED) is 0.743. The van der Waals surface area contributed by atoms with Crippen LogP contribution in [0.1, 0.15) is 42.3 Å². The van der Waals surface area contributed by atoms with Crippen molar-refractivity contribution in [2.75, 3.05) is 11.1 Å². The van der Waals surface area contributed by atoms with Gasteiger partial charge >= 0.3 is 0 Å². The predicted octanol–water partition coefficient (Wildman–Crippen LogP) is 4.65. The van der Waals surface area contributed by atoms with Crippen molar-refractivity contribution < 1.29 is 4.79 Å². The van der Waals surface area contributed by atoms with Crippen LogP contribution in [0.2, 0.25) is 0 Å². The molecule has 0 spiro atoms. The third kappa shape index (κ3) is 4.41. The van der Waals surface area contributed by atoms with Crippen molar-refractivity contribution in [1.29, 1.82) is 0 Å². The molecule has 0 saturated heterocycles. The van der Waals surface area contributed by atoms with Crippen LogP contribution in [0.15, 0.2) is 23.4 Å². The number of hydrogen-bond acceptors (Lipinski definition) is 3. The Bertz CT molecular complexity index is 722. The van der Waals surface area contributed by atoms with Crippen LogP contribution >= 0.6 is 11.8 Å². The Hall–Kier alpha value is -1.75. The van der Waals surface area contributed by atoms with E-state index in [1.54, 1.807) is 0 Å². The van der Waals surface area contributed by atoms with Crippen molar-refractivity contribution in [3.05, 3.63) is 40.7 Å². The van der Waals surface area contributed by atoms with E-state index in [1.165, 1.54) is 23.0 Å². The van der Waals surface area contributed by atoms with Crippen LogP contribution in [0.3, 0.4) is 0 Å². The Morgan fingerprint density at radius 1 is 1.25 bits per heavy atom. The van der Waals surface area contributed by atoms with E-state index in [2.05, 4.69) is 41.7 Å². The summed E-state index contributed by atoms with van der Waals surface area (Å²) in [6.45, 7) is 11.3. The number of hydrogen-bond donors (Lipinski definition) is 1. The average molecular weight is 346 g/mol. The summed E-state index contributed by atoms with van der Waals surface area (Å²) in [7, 11) is 0. The van der Waals surface area contributed by atoms with Crippen molar-refractivity contribution >= 4 is 23.4 Å². The molecule has 2 rings (SSSR count). The first-order chi connectivity index (χ1) is 11.4. The van der Waals surface area contributed by atoms with E-state index in [0.29, 0.717) is 5.75 Å². The summed E-state index contributed by atoms with van der Waals surface area (Å²) < 4.78 is 2.23. The van der Waals surface area contributed by atoms with Crippen LogP contribution in [0.4, 0.5) is 5.69 Å². The Morgan fingerprint density at radius 2 is 2.00 bits per heavy atom. The van der Waals surface area contributed by atoms with Crippen LogP contribution in [0.25, 0.3) is 0 Å². The van der Waals surface area contributed by atoms with Crippen LogP contribution < -0.4 is 5.32 Å². The van der Waals surface area contributed by atoms with Gasteiger partial charge in [-0.1, -0.05) is 37.2 Å². The second-order valence-electron chi connectivity index (χ2n) is 6.15. The summed E-state index contributed by atoms with van der Waals surface area (Å²) in [6.07, 6.45) is 2.27. The summed E-state index contributed by atoms with van der Waals surface area (Å²) in [4.78, 5) is 16.9. The summed E-state index contributed by atoms with van der Waals surface area (Å²) in [5.41, 5.74) is 5.43. The van der Waals surface area contributed by atoms with E-state index in [4.69, 9.17) is 0 Å². The van der Waals surface area contributed by atoms with Gasteiger partial charge in [0.05, 0.1) is 11.4 Å². The Morgan fingerprint density at radius 3 is 2.71 bits per heavy atom. The highest BCUT2D eigenvalue weighted by Crippen LogP contribution is 2.23. The molecule has 1 heterocycles. The average Bonchev–Trinajstić information content (AvgIpc) is 2.82. The topological polar surface area (TPSA) is 46.9 Å². The zero-order chi connectivity index (χ0) is 17.7. The number of rotatable bonds is 7. The summed E-state index contributed by atoms with van der Waals surface area (Å²) in [6, 6.07) is 5.96. The SMILES string of the molecule is CCCCn1c(SCC(=O)Nc2cccc(C)c2C)nc(C)c1C. The zero-order valence-corrected chi connectivity index (χ0v) is 16.1. The number of thioether (sulfide) groups is 1. The molecule has 1 aromatic heterocycles. The second-order valence-corrected chi connectivity index (χ2v) is 7.10. The molecule has 4 nitrogen and oxygen atoms in total. The van der Waals surface area contributed by atoms with E-state index in [0.717, 1.165) is 41.5 Å². The summed E-state index contributed by atoms with van der Waals surface area (Å²) in [5.74, 6) is 0.379. The number of carbonyl (C=O) groups is 1. The van der Waals surface area contributed by atoms with Crippen LogP contribution in [-0.2, 0) is 11.3 Å². The predicted molar refractivity (Wildman–Crippen MR) is 102 cm³/mol. The van der Waals surface area contributed by atoms with E-state index in [1.807, 2.05) is 26.0 Å². The molecule has 1 amide bonds. The fourth-order valence-electron chi connectivity index (χ4n) is 2.52. The van der Waals surface area contributed by atoms with Gasteiger partial charge in [-0.15, -0.1) is 0 Å². The highest BCUT2D eigenvalue weighted by molar-refractivity contribution is 7.99. The lowest BCUT2D eigenvalue weighted by Gasteiger charge is -2.11. The van der Waals surface area contributed by atoms with E-state index < -0.39 is 0 Å². The largest absolute Gasteiger partial charge is 0.325 e. The maximum atomic E-state index is 12.3. The molecular weight excluding hydrogens is 318 g/mol. The lowest BCUT2D eigenvalue weighted by molar-refractivity contribution is -0.113. The van der Waals surface area contributed by atoms with Gasteiger partial charge in [0.25, 0.3) is 0 Å². The van der Waals surface area contributed by atoms with Crippen molar-refractivity contribution in [2.45, 2.75) is 59.2 Å². The third-order valence-corrected chi connectivity index (χ3v) is 5.35. The fraction of sp³-hybridized carbons (Fsp3) is 0.474. The molecule has 1 N–H and O–H groups in total. The van der Waals surface area contributed by atoms with Crippen molar-refractivity contribution in [3.8, 4) is 0 Å². The molecule has 5 heteroatoms. The second kappa shape index (κ2) is 8.38. The molecule has 0 saturated carbocycles. The van der Waals surface area contributed by atoms with Gasteiger partial charge in [0.1, 0.15) is 0 Å². The van der Waals surface area contributed by atoms with Gasteiger partial charge in [-0.3, -0.25) is 4.79 Å². The molecule has 0 unspecified atom stereocenters. The normalized spacial score (nSPS) is 10.9. The van der Waals surface area contributed by atoms with Crippen molar-refractivity contribution in [1.82, 2.24) is 9.55 Å². The maximum Gasteiger partial charge on any atom is 0.234 e. The molecule has 0 fully saturated rings. The first kappa shape index (κ1) is 18.6. The number of amides is 1. The van der Waals surface area contributed by atoms with Gasteiger partial charge in [-0.05, 0) is 51.3 Å². The van der Waals surface area contributed by atoms with Crippen LogP contribution in [-0.4, -0.2) is 21.2 Å². The first-order valence-electron chi connectivity index (χ1n) is 8.46. The monoisotopic (exact) mass is 345 g/mol. The lowest BCUT2D eigenvalue weighted by atomic mass is 10.1. The summed E-state index contributed by atoms with van der Waals surface area (Å²) >= 11 is 1.51. The van der Waals surface area contributed by atoms with Gasteiger partial charge in [0, 0.05) is 17.9 Å². The molecule has 0 bridgehead atoms. The first-order valence-corrected chi connectivity index (χ1v) is 9.45. The number of nitrogens with one attached hydrogen (secondary N) is 1. The van der Waals surface area contributed by atoms with Crippen LogP contribution in [0, 0.1) is 27.7 Å². The molecule has 1 aromatic carbocycles. The molecule has 24 heavy (non-hydrogen) atoms. The summed E-state index contributed by atoms with van der Waals surface area (Å²) in [5, 5.41) is 3.95. The molecule has 0 aliphatic rings.